The van der Waals surface area contributed by atoms with Crippen LogP contribution in [0.3, 0.4) is 0 Å². The van der Waals surface area contributed by atoms with Crippen LogP contribution in [-0.4, -0.2) is 55.1 Å². The Labute approximate surface area is 245 Å². The van der Waals surface area contributed by atoms with Gasteiger partial charge in [-0.15, -0.1) is 0 Å². The number of hydrogen-bond donors (Lipinski definition) is 1. The van der Waals surface area contributed by atoms with Crippen molar-refractivity contribution in [3.63, 3.8) is 0 Å². The highest BCUT2D eigenvalue weighted by Gasteiger charge is 2.76. The number of aliphatic hydroxyl groups is 1. The third-order valence-electron chi connectivity index (χ3n) is 12.7. The Morgan fingerprint density at radius 3 is 2.41 bits per heavy atom. The van der Waals surface area contributed by atoms with Crippen molar-refractivity contribution >= 4 is 0 Å². The number of ether oxygens (including phenoxy) is 5. The number of unbranched alkanes of at least 4 members (excludes halogenated alkanes) is 1. The van der Waals surface area contributed by atoms with Crippen molar-refractivity contribution in [2.45, 2.75) is 114 Å². The zero-order chi connectivity index (χ0) is 28.1. The van der Waals surface area contributed by atoms with Gasteiger partial charge in [0.05, 0.1) is 37.6 Å². The second kappa shape index (κ2) is 9.36. The molecular formula is C35H48O6. The number of hydrogen-bond acceptors (Lipinski definition) is 6. The van der Waals surface area contributed by atoms with E-state index in [-0.39, 0.29) is 16.9 Å². The summed E-state index contributed by atoms with van der Waals surface area (Å²) in [5.74, 6) is 0.830. The number of allylic oxidation sites excluding steroid dienone is 1. The molecule has 0 unspecified atom stereocenters. The third kappa shape index (κ3) is 3.90. The molecule has 5 aliphatic carbocycles. The van der Waals surface area contributed by atoms with Gasteiger partial charge in [0.25, 0.3) is 0 Å². The maximum atomic E-state index is 12.3. The van der Waals surface area contributed by atoms with E-state index >= 15 is 0 Å². The van der Waals surface area contributed by atoms with Gasteiger partial charge in [-0.2, -0.15) is 0 Å². The Morgan fingerprint density at radius 1 is 0.951 bits per heavy atom. The summed E-state index contributed by atoms with van der Waals surface area (Å²) in [4.78, 5) is 0. The quantitative estimate of drug-likeness (QED) is 0.320. The fraction of sp³-hybridized carbons (Fsp3) is 0.771. The maximum Gasteiger partial charge on any atom is 0.192 e. The molecule has 1 aromatic rings. The van der Waals surface area contributed by atoms with Gasteiger partial charge < -0.3 is 28.8 Å². The normalized spacial score (nSPS) is 43.5. The van der Waals surface area contributed by atoms with Crippen LogP contribution in [0.1, 0.15) is 102 Å². The molecule has 2 saturated heterocycles. The van der Waals surface area contributed by atoms with Crippen LogP contribution in [0.15, 0.2) is 35.4 Å². The Morgan fingerprint density at radius 2 is 1.68 bits per heavy atom. The number of benzene rings is 1. The van der Waals surface area contributed by atoms with E-state index in [1.54, 1.807) is 5.57 Å². The molecule has 1 N–H and O–H groups in total. The average Bonchev–Trinajstić information content (AvgIpc) is 3.22. The van der Waals surface area contributed by atoms with Gasteiger partial charge in [-0.25, -0.2) is 0 Å². The van der Waals surface area contributed by atoms with E-state index in [0.29, 0.717) is 50.6 Å². The van der Waals surface area contributed by atoms with Gasteiger partial charge in [-0.05, 0) is 80.8 Å². The summed E-state index contributed by atoms with van der Waals surface area (Å²) < 4.78 is 31.1. The van der Waals surface area contributed by atoms with Crippen molar-refractivity contribution in [3.05, 3.63) is 46.5 Å². The monoisotopic (exact) mass is 564 g/mol. The summed E-state index contributed by atoms with van der Waals surface area (Å²) in [6.07, 6.45) is 10.0. The molecule has 2 aliphatic heterocycles. The first kappa shape index (κ1) is 27.3. The van der Waals surface area contributed by atoms with E-state index < -0.39 is 17.2 Å². The summed E-state index contributed by atoms with van der Waals surface area (Å²) in [6, 6.07) is 9.05. The molecule has 0 radical (unpaired) electrons. The smallest absolute Gasteiger partial charge is 0.192 e. The SMILES string of the molecule is CCCCO[C@@]12C[C@@H]1C[C@H]1[C@@H]3CC[C@@]4(O)CC5(CCC4=C3[C@@H](c3ccc(C4(C)OCCO4)cc3)C[C@@]12C)OCCO5. The van der Waals surface area contributed by atoms with Crippen LogP contribution in [-0.2, 0) is 29.5 Å². The van der Waals surface area contributed by atoms with E-state index in [0.717, 1.165) is 50.7 Å². The number of rotatable bonds is 6. The van der Waals surface area contributed by atoms with Crippen molar-refractivity contribution < 1.29 is 28.8 Å². The van der Waals surface area contributed by atoms with Crippen molar-refractivity contribution in [3.8, 4) is 0 Å². The third-order valence-corrected chi connectivity index (χ3v) is 12.7. The first-order valence-corrected chi connectivity index (χ1v) is 16.5. The van der Waals surface area contributed by atoms with Crippen molar-refractivity contribution in [2.24, 2.45) is 23.2 Å². The Bertz CT molecular complexity index is 1210. The molecule has 6 heteroatoms. The van der Waals surface area contributed by atoms with Crippen LogP contribution >= 0.6 is 0 Å². The van der Waals surface area contributed by atoms with Gasteiger partial charge in [-0.1, -0.05) is 50.1 Å². The van der Waals surface area contributed by atoms with Crippen LogP contribution in [0.25, 0.3) is 0 Å². The molecule has 2 heterocycles. The predicted molar refractivity (Wildman–Crippen MR) is 154 cm³/mol. The van der Waals surface area contributed by atoms with Gasteiger partial charge >= 0.3 is 0 Å². The molecule has 8 rings (SSSR count). The van der Waals surface area contributed by atoms with Crippen LogP contribution in [0.2, 0.25) is 0 Å². The Kier molecular flexibility index (Phi) is 6.23. The molecule has 7 aliphatic rings. The van der Waals surface area contributed by atoms with Crippen molar-refractivity contribution in [1.29, 1.82) is 0 Å². The van der Waals surface area contributed by atoms with Crippen molar-refractivity contribution in [2.75, 3.05) is 33.0 Å². The molecule has 0 amide bonds. The maximum absolute atomic E-state index is 12.3. The second-order valence-electron chi connectivity index (χ2n) is 14.7. The number of fused-ring (bicyclic) bond motifs is 6. The molecule has 7 atom stereocenters. The highest BCUT2D eigenvalue weighted by molar-refractivity contribution is 5.46. The van der Waals surface area contributed by atoms with E-state index in [1.807, 2.05) is 6.92 Å². The molecule has 0 bridgehead atoms. The van der Waals surface area contributed by atoms with Gasteiger partial charge in [0.15, 0.2) is 11.6 Å². The molecular weight excluding hydrogens is 516 g/mol. The lowest BCUT2D eigenvalue weighted by Crippen LogP contribution is -2.54. The Hall–Kier alpha value is -1.28. The highest BCUT2D eigenvalue weighted by Crippen LogP contribution is 2.77. The van der Waals surface area contributed by atoms with Crippen LogP contribution < -0.4 is 0 Å². The minimum Gasteiger partial charge on any atom is -0.385 e. The standard InChI is InChI=1S/C35H48O6/c1-4-5-14-41-35-20-25(35)19-29-26-10-12-33(36)22-34(39-17-18-40-34)13-11-28(33)30(26)27(21-31(29,35)2)23-6-8-24(9-7-23)32(3)37-15-16-38-32/h6-9,25-27,29,36H,4-5,10-22H2,1-3H3/t25-,26-,27+,29-,31-,33+,35-/m0/s1. The summed E-state index contributed by atoms with van der Waals surface area (Å²) in [6.45, 7) is 10.3. The molecule has 0 aromatic heterocycles. The van der Waals surface area contributed by atoms with Crippen LogP contribution in [0, 0.1) is 23.2 Å². The summed E-state index contributed by atoms with van der Waals surface area (Å²) in [5.41, 5.74) is 4.64. The zero-order valence-corrected chi connectivity index (χ0v) is 25.2. The summed E-state index contributed by atoms with van der Waals surface area (Å²) in [5, 5.41) is 12.3. The molecule has 1 spiro atoms. The predicted octanol–water partition coefficient (Wildman–Crippen LogP) is 6.36. The van der Waals surface area contributed by atoms with E-state index in [9.17, 15) is 5.11 Å². The van der Waals surface area contributed by atoms with Crippen molar-refractivity contribution in [1.82, 2.24) is 0 Å². The van der Waals surface area contributed by atoms with E-state index in [4.69, 9.17) is 23.7 Å². The van der Waals surface area contributed by atoms with E-state index in [1.165, 1.54) is 30.4 Å². The van der Waals surface area contributed by atoms with E-state index in [2.05, 4.69) is 38.1 Å². The lowest BCUT2D eigenvalue weighted by molar-refractivity contribution is -0.208. The van der Waals surface area contributed by atoms with Crippen LogP contribution in [0.5, 0.6) is 0 Å². The highest BCUT2D eigenvalue weighted by atomic mass is 16.7. The topological polar surface area (TPSA) is 66.4 Å². The molecule has 6 nitrogen and oxygen atoms in total. The van der Waals surface area contributed by atoms with Gasteiger partial charge in [0.2, 0.25) is 0 Å². The molecule has 4 saturated carbocycles. The van der Waals surface area contributed by atoms with Gasteiger partial charge in [0, 0.05) is 36.3 Å². The first-order chi connectivity index (χ1) is 19.8. The molecule has 6 fully saturated rings. The lowest BCUT2D eigenvalue weighted by atomic mass is 9.50. The fourth-order valence-electron chi connectivity index (χ4n) is 10.6. The van der Waals surface area contributed by atoms with Gasteiger partial charge in [-0.3, -0.25) is 0 Å². The largest absolute Gasteiger partial charge is 0.385 e. The molecule has 1 aromatic carbocycles. The summed E-state index contributed by atoms with van der Waals surface area (Å²) in [7, 11) is 0. The molecule has 224 valence electrons. The minimum atomic E-state index is -0.837. The Balaban J connectivity index is 1.20. The summed E-state index contributed by atoms with van der Waals surface area (Å²) >= 11 is 0. The first-order valence-electron chi connectivity index (χ1n) is 16.5. The van der Waals surface area contributed by atoms with Gasteiger partial charge in [0.1, 0.15) is 0 Å². The lowest BCUT2D eigenvalue weighted by Gasteiger charge is -2.57. The van der Waals surface area contributed by atoms with Crippen LogP contribution in [0.4, 0.5) is 0 Å². The zero-order valence-electron chi connectivity index (χ0n) is 25.2. The average molecular weight is 565 g/mol. The minimum absolute atomic E-state index is 0.0378. The fourth-order valence-corrected chi connectivity index (χ4v) is 10.6. The molecule has 41 heavy (non-hydrogen) atoms. The second-order valence-corrected chi connectivity index (χ2v) is 14.7.